The molecule has 0 N–H and O–H groups in total. The third-order valence-corrected chi connectivity index (χ3v) is 5.40. The monoisotopic (exact) mass is 399 g/mol. The van der Waals surface area contributed by atoms with Crippen LogP contribution in [0.1, 0.15) is 23.6 Å². The maximum absolute atomic E-state index is 13.8. The van der Waals surface area contributed by atoms with Crippen molar-refractivity contribution in [3.05, 3.63) is 59.2 Å². The summed E-state index contributed by atoms with van der Waals surface area (Å²) < 4.78 is 75.9. The maximum Gasteiger partial charge on any atom is 0.422 e. The molecule has 0 aliphatic carbocycles. The van der Waals surface area contributed by atoms with E-state index in [1.165, 1.54) is 19.2 Å². The van der Waals surface area contributed by atoms with Crippen LogP contribution in [0.5, 0.6) is 5.75 Å². The molecule has 27 heavy (non-hydrogen) atoms. The molecule has 0 amide bonds. The van der Waals surface area contributed by atoms with Gasteiger partial charge in [-0.05, 0) is 43.7 Å². The molecule has 1 atom stereocenters. The molecule has 0 saturated carbocycles. The first kappa shape index (κ1) is 20.7. The van der Waals surface area contributed by atoms with E-state index in [4.69, 9.17) is 10.00 Å². The number of nitriles is 1. The highest BCUT2D eigenvalue weighted by Gasteiger charge is 2.57. The smallest absolute Gasteiger partial charge is 0.422 e. The van der Waals surface area contributed by atoms with E-state index in [1.807, 2.05) is 0 Å². The lowest BCUT2D eigenvalue weighted by atomic mass is 9.93. The van der Waals surface area contributed by atoms with Gasteiger partial charge in [0.15, 0.2) is 0 Å². The molecule has 5 nitrogen and oxygen atoms in total. The molecule has 0 radical (unpaired) electrons. The summed E-state index contributed by atoms with van der Waals surface area (Å²) in [6, 6.07) is 10.00. The summed E-state index contributed by atoms with van der Waals surface area (Å²) >= 11 is 0. The van der Waals surface area contributed by atoms with Crippen LogP contribution in [0.25, 0.3) is 0 Å². The molecule has 0 aliphatic heterocycles. The molecule has 144 valence electrons. The Balaban J connectivity index is 2.58. The quantitative estimate of drug-likeness (QED) is 0.709. The van der Waals surface area contributed by atoms with Gasteiger partial charge in [-0.2, -0.15) is 26.9 Å². The first-order valence-corrected chi connectivity index (χ1v) is 9.03. The Kier molecular flexibility index (Phi) is 5.54. The third kappa shape index (κ3) is 4.07. The van der Waals surface area contributed by atoms with Crippen molar-refractivity contribution in [3.8, 4) is 11.8 Å². The summed E-state index contributed by atoms with van der Waals surface area (Å²) in [7, 11) is -3.47. The Hall–Kier alpha value is -2.57. The fourth-order valence-electron chi connectivity index (χ4n) is 2.32. The second kappa shape index (κ2) is 7.21. The van der Waals surface area contributed by atoms with Gasteiger partial charge < -0.3 is 4.74 Å². The van der Waals surface area contributed by atoms with Crippen LogP contribution in [0.4, 0.5) is 13.2 Å². The van der Waals surface area contributed by atoms with E-state index in [9.17, 15) is 21.6 Å². The SMILES string of the molecule is COc1ccc(C(C)(OS(=O)(=O)c2ccc(C)cc2)C(F)(F)F)cc1C#N. The molecule has 0 spiro atoms. The zero-order chi connectivity index (χ0) is 20.5. The van der Waals surface area contributed by atoms with Gasteiger partial charge in [-0.15, -0.1) is 0 Å². The number of nitrogens with zero attached hydrogens (tertiary/aromatic N) is 1. The average Bonchev–Trinajstić information content (AvgIpc) is 2.60. The van der Waals surface area contributed by atoms with Crippen LogP contribution in [0.2, 0.25) is 0 Å². The lowest BCUT2D eigenvalue weighted by Crippen LogP contribution is -2.43. The van der Waals surface area contributed by atoms with Crippen molar-refractivity contribution in [2.45, 2.75) is 30.5 Å². The molecule has 2 aromatic rings. The first-order chi connectivity index (χ1) is 12.4. The molecule has 0 aliphatic rings. The van der Waals surface area contributed by atoms with E-state index in [0.717, 1.165) is 35.9 Å². The number of methoxy groups -OCH3 is 1. The van der Waals surface area contributed by atoms with E-state index < -0.39 is 32.4 Å². The van der Waals surface area contributed by atoms with Crippen LogP contribution in [0.15, 0.2) is 47.4 Å². The van der Waals surface area contributed by atoms with Crippen molar-refractivity contribution in [2.75, 3.05) is 7.11 Å². The van der Waals surface area contributed by atoms with Gasteiger partial charge in [-0.3, -0.25) is 0 Å². The molecule has 2 rings (SSSR count). The lowest BCUT2D eigenvalue weighted by molar-refractivity contribution is -0.246. The number of aryl methyl sites for hydroxylation is 1. The lowest BCUT2D eigenvalue weighted by Gasteiger charge is -2.31. The third-order valence-electron chi connectivity index (χ3n) is 4.00. The number of hydrogen-bond donors (Lipinski definition) is 0. The average molecular weight is 399 g/mol. The van der Waals surface area contributed by atoms with Crippen LogP contribution in [-0.2, 0) is 19.9 Å². The van der Waals surface area contributed by atoms with Crippen molar-refractivity contribution in [1.29, 1.82) is 5.26 Å². The summed E-state index contributed by atoms with van der Waals surface area (Å²) in [6.07, 6.45) is -5.08. The largest absolute Gasteiger partial charge is 0.495 e. The number of ether oxygens (including phenoxy) is 1. The normalized spacial score (nSPS) is 14.3. The highest BCUT2D eigenvalue weighted by molar-refractivity contribution is 7.86. The van der Waals surface area contributed by atoms with Gasteiger partial charge in [0.25, 0.3) is 10.1 Å². The molecule has 1 unspecified atom stereocenters. The van der Waals surface area contributed by atoms with Crippen LogP contribution in [0.3, 0.4) is 0 Å². The summed E-state index contributed by atoms with van der Waals surface area (Å²) in [4.78, 5) is -0.405. The van der Waals surface area contributed by atoms with Gasteiger partial charge in [0.05, 0.1) is 17.6 Å². The second-order valence-corrected chi connectivity index (χ2v) is 7.45. The molecule has 0 aromatic heterocycles. The van der Waals surface area contributed by atoms with Crippen LogP contribution in [-0.4, -0.2) is 21.7 Å². The van der Waals surface area contributed by atoms with Crippen LogP contribution < -0.4 is 4.74 Å². The van der Waals surface area contributed by atoms with E-state index in [0.29, 0.717) is 6.92 Å². The summed E-state index contributed by atoms with van der Waals surface area (Å²) in [6.45, 7) is 2.31. The van der Waals surface area contributed by atoms with Gasteiger partial charge in [-0.25, -0.2) is 4.18 Å². The summed E-state index contributed by atoms with van der Waals surface area (Å²) in [5.74, 6) is 0.0622. The van der Waals surface area contributed by atoms with Gasteiger partial charge in [0.1, 0.15) is 11.8 Å². The molecule has 2 aromatic carbocycles. The first-order valence-electron chi connectivity index (χ1n) is 7.62. The van der Waals surface area contributed by atoms with E-state index in [1.54, 1.807) is 13.0 Å². The number of rotatable bonds is 5. The fraction of sp³-hybridized carbons (Fsp3) is 0.278. The van der Waals surface area contributed by atoms with E-state index >= 15 is 0 Å². The zero-order valence-electron chi connectivity index (χ0n) is 14.7. The molecule has 0 heterocycles. The molecule has 0 saturated heterocycles. The highest BCUT2D eigenvalue weighted by atomic mass is 32.2. The van der Waals surface area contributed by atoms with Crippen molar-refractivity contribution in [1.82, 2.24) is 0 Å². The minimum Gasteiger partial charge on any atom is -0.495 e. The fourth-order valence-corrected chi connectivity index (χ4v) is 3.52. The molecule has 9 heteroatoms. The van der Waals surface area contributed by atoms with Gasteiger partial charge in [0.2, 0.25) is 5.60 Å². The number of benzene rings is 2. The predicted molar refractivity (Wildman–Crippen MR) is 90.6 cm³/mol. The maximum atomic E-state index is 13.8. The van der Waals surface area contributed by atoms with Gasteiger partial charge in [0, 0.05) is 0 Å². The van der Waals surface area contributed by atoms with Gasteiger partial charge >= 0.3 is 6.18 Å². The number of alkyl halides is 3. The second-order valence-electron chi connectivity index (χ2n) is 5.91. The molecular weight excluding hydrogens is 383 g/mol. The standard InChI is InChI=1S/C18H16F3NO4S/c1-12-4-7-15(8-5-12)27(23,24)26-17(2,18(19,20)21)14-6-9-16(25-3)13(10-14)11-22/h4-10H,1-3H3. The number of halogens is 3. The Morgan fingerprint density at radius 3 is 2.15 bits per heavy atom. The molecule has 0 bridgehead atoms. The predicted octanol–water partition coefficient (Wildman–Crippen LogP) is 4.06. The van der Waals surface area contributed by atoms with Crippen molar-refractivity contribution in [2.24, 2.45) is 0 Å². The Bertz CT molecular complexity index is 979. The number of hydrogen-bond acceptors (Lipinski definition) is 5. The Morgan fingerprint density at radius 2 is 1.67 bits per heavy atom. The van der Waals surface area contributed by atoms with Gasteiger partial charge in [-0.1, -0.05) is 23.8 Å². The Labute approximate surface area is 155 Å². The minimum absolute atomic E-state index is 0.0622. The van der Waals surface area contributed by atoms with E-state index in [-0.39, 0.29) is 11.3 Å². The Morgan fingerprint density at radius 1 is 1.07 bits per heavy atom. The molecular formula is C18H16F3NO4S. The van der Waals surface area contributed by atoms with Crippen LogP contribution in [0, 0.1) is 18.3 Å². The summed E-state index contributed by atoms with van der Waals surface area (Å²) in [5, 5.41) is 9.11. The van der Waals surface area contributed by atoms with Crippen molar-refractivity contribution in [3.63, 3.8) is 0 Å². The van der Waals surface area contributed by atoms with Crippen molar-refractivity contribution < 1.29 is 30.5 Å². The minimum atomic E-state index is -5.08. The highest BCUT2D eigenvalue weighted by Crippen LogP contribution is 2.44. The zero-order valence-corrected chi connectivity index (χ0v) is 15.5. The van der Waals surface area contributed by atoms with Crippen molar-refractivity contribution >= 4 is 10.1 Å². The van der Waals surface area contributed by atoms with Crippen LogP contribution >= 0.6 is 0 Å². The summed E-state index contributed by atoms with van der Waals surface area (Å²) in [5.41, 5.74) is -3.18. The molecule has 0 fully saturated rings. The van der Waals surface area contributed by atoms with E-state index in [2.05, 4.69) is 4.18 Å². The topological polar surface area (TPSA) is 76.4 Å².